The lowest BCUT2D eigenvalue weighted by Gasteiger charge is -2.21. The molecule has 1 nitrogen and oxygen atoms in total. The van der Waals surface area contributed by atoms with Crippen molar-refractivity contribution >= 4 is 6.08 Å². The van der Waals surface area contributed by atoms with E-state index >= 15 is 0 Å². The number of nitriles is 1. The predicted octanol–water partition coefficient (Wildman–Crippen LogP) is 4.90. The monoisotopic (exact) mass is 267 g/mol. The first-order chi connectivity index (χ1) is 8.64. The van der Waals surface area contributed by atoms with Crippen LogP contribution < -0.4 is 0 Å². The summed E-state index contributed by atoms with van der Waals surface area (Å²) in [5.41, 5.74) is -0.216. The molecule has 0 N–H and O–H groups in total. The predicted molar refractivity (Wildman–Crippen MR) is 69.0 cm³/mol. The third-order valence-corrected chi connectivity index (χ3v) is 2.79. The Hall–Kier alpha value is -1.76. The Labute approximate surface area is 111 Å². The van der Waals surface area contributed by atoms with E-state index in [4.69, 9.17) is 5.26 Å². The van der Waals surface area contributed by atoms with Gasteiger partial charge in [0.25, 0.3) is 0 Å². The van der Waals surface area contributed by atoms with Gasteiger partial charge in [0.05, 0.1) is 17.6 Å². The number of hydrogen-bond acceptors (Lipinski definition) is 1. The second-order valence-electron chi connectivity index (χ2n) is 5.45. The maximum atomic E-state index is 12.4. The van der Waals surface area contributed by atoms with Crippen molar-refractivity contribution in [2.75, 3.05) is 0 Å². The van der Waals surface area contributed by atoms with Crippen LogP contribution in [-0.4, -0.2) is 0 Å². The number of benzene rings is 1. The summed E-state index contributed by atoms with van der Waals surface area (Å²) in [7, 11) is 0. The average molecular weight is 267 g/mol. The van der Waals surface area contributed by atoms with Crippen LogP contribution in [0.4, 0.5) is 13.2 Å². The summed E-state index contributed by atoms with van der Waals surface area (Å²) in [6.07, 6.45) is -0.912. The summed E-state index contributed by atoms with van der Waals surface area (Å²) in [6, 6.07) is 7.06. The molecule has 1 atom stereocenters. The number of hydrogen-bond donors (Lipinski definition) is 0. The smallest absolute Gasteiger partial charge is 0.198 e. The van der Waals surface area contributed by atoms with Gasteiger partial charge in [0.15, 0.2) is 0 Å². The van der Waals surface area contributed by atoms with E-state index in [1.54, 1.807) is 12.2 Å². The van der Waals surface area contributed by atoms with Gasteiger partial charge in [-0.3, -0.25) is 0 Å². The number of nitrogens with zero attached hydrogens (tertiary/aromatic N) is 1. The van der Waals surface area contributed by atoms with Gasteiger partial charge in [-0.1, -0.05) is 45.1 Å². The lowest BCUT2D eigenvalue weighted by atomic mass is 9.81. The molecule has 1 aromatic rings. The van der Waals surface area contributed by atoms with Crippen molar-refractivity contribution in [1.82, 2.24) is 0 Å². The van der Waals surface area contributed by atoms with E-state index in [9.17, 15) is 13.2 Å². The molecule has 0 aliphatic carbocycles. The summed E-state index contributed by atoms with van der Waals surface area (Å²) >= 11 is 0. The third kappa shape index (κ3) is 4.44. The highest BCUT2D eigenvalue weighted by molar-refractivity contribution is 5.51. The molecule has 1 aromatic carbocycles. The van der Waals surface area contributed by atoms with Crippen LogP contribution in [0.3, 0.4) is 0 Å². The van der Waals surface area contributed by atoms with Crippen molar-refractivity contribution < 1.29 is 13.2 Å². The van der Waals surface area contributed by atoms with E-state index in [0.29, 0.717) is 5.56 Å². The first kappa shape index (κ1) is 15.3. The van der Waals surface area contributed by atoms with Crippen molar-refractivity contribution in [3.05, 3.63) is 41.5 Å². The van der Waals surface area contributed by atoms with Gasteiger partial charge in [0.2, 0.25) is 0 Å². The van der Waals surface area contributed by atoms with Crippen LogP contribution in [0.15, 0.2) is 30.3 Å². The molecular weight excluding hydrogens is 251 g/mol. The Morgan fingerprint density at radius 1 is 1.11 bits per heavy atom. The van der Waals surface area contributed by atoms with Crippen LogP contribution in [-0.2, 0) is 6.18 Å². The van der Waals surface area contributed by atoms with Gasteiger partial charge < -0.3 is 0 Å². The van der Waals surface area contributed by atoms with Gasteiger partial charge in [-0.2, -0.15) is 18.4 Å². The van der Waals surface area contributed by atoms with E-state index in [-0.39, 0.29) is 11.3 Å². The topological polar surface area (TPSA) is 23.8 Å². The molecule has 0 spiro atoms. The zero-order chi connectivity index (χ0) is 14.7. The molecule has 1 rings (SSSR count). The molecular formula is C15H16F3N. The van der Waals surface area contributed by atoms with Crippen LogP contribution in [0.1, 0.15) is 31.9 Å². The average Bonchev–Trinajstić information content (AvgIpc) is 2.27. The Morgan fingerprint density at radius 2 is 1.63 bits per heavy atom. The highest BCUT2D eigenvalue weighted by Crippen LogP contribution is 2.30. The zero-order valence-electron chi connectivity index (χ0n) is 11.1. The first-order valence-corrected chi connectivity index (χ1v) is 5.89. The molecule has 0 aromatic heterocycles. The highest BCUT2D eigenvalue weighted by Gasteiger charge is 2.29. The third-order valence-electron chi connectivity index (χ3n) is 2.79. The highest BCUT2D eigenvalue weighted by atomic mass is 19.4. The van der Waals surface area contributed by atoms with Crippen LogP contribution in [0.5, 0.6) is 0 Å². The number of halogens is 3. The molecule has 0 bridgehead atoms. The second-order valence-corrected chi connectivity index (χ2v) is 5.45. The Kier molecular flexibility index (Phi) is 4.41. The van der Waals surface area contributed by atoms with Gasteiger partial charge in [-0.25, -0.2) is 0 Å². The van der Waals surface area contributed by atoms with Gasteiger partial charge in [-0.05, 0) is 23.1 Å². The van der Waals surface area contributed by atoms with E-state index in [2.05, 4.69) is 6.07 Å². The van der Waals surface area contributed by atoms with Gasteiger partial charge in [0, 0.05) is 0 Å². The summed E-state index contributed by atoms with van der Waals surface area (Å²) in [5, 5.41) is 9.04. The van der Waals surface area contributed by atoms with E-state index in [1.807, 2.05) is 20.8 Å². The molecule has 0 aliphatic heterocycles. The summed E-state index contributed by atoms with van der Waals surface area (Å²) in [6.45, 7) is 5.83. The molecule has 102 valence electrons. The van der Waals surface area contributed by atoms with Crippen LogP contribution in [0.2, 0.25) is 0 Å². The van der Waals surface area contributed by atoms with E-state index < -0.39 is 11.7 Å². The number of alkyl halides is 3. The Bertz CT molecular complexity index is 484. The lowest BCUT2D eigenvalue weighted by Crippen LogP contribution is -2.16. The van der Waals surface area contributed by atoms with Gasteiger partial charge >= 0.3 is 6.18 Å². The largest absolute Gasteiger partial charge is 0.416 e. The van der Waals surface area contributed by atoms with Crippen molar-refractivity contribution in [2.24, 2.45) is 11.3 Å². The molecule has 4 heteroatoms. The molecule has 0 heterocycles. The minimum atomic E-state index is -4.32. The molecule has 0 fully saturated rings. The molecule has 0 radical (unpaired) electrons. The zero-order valence-corrected chi connectivity index (χ0v) is 11.1. The minimum Gasteiger partial charge on any atom is -0.198 e. The first-order valence-electron chi connectivity index (χ1n) is 5.89. The molecule has 0 amide bonds. The maximum absolute atomic E-state index is 12.4. The number of rotatable bonds is 2. The summed E-state index contributed by atoms with van der Waals surface area (Å²) in [5.74, 6) is -0.283. The normalized spacial score (nSPS) is 14.4. The van der Waals surface area contributed by atoms with Gasteiger partial charge in [-0.15, -0.1) is 0 Å². The maximum Gasteiger partial charge on any atom is 0.416 e. The van der Waals surface area contributed by atoms with Crippen LogP contribution in [0, 0.1) is 22.7 Å². The molecule has 0 unspecified atom stereocenters. The summed E-state index contributed by atoms with van der Waals surface area (Å²) in [4.78, 5) is 0. The van der Waals surface area contributed by atoms with Crippen molar-refractivity contribution in [1.29, 1.82) is 5.26 Å². The molecule has 0 aliphatic rings. The van der Waals surface area contributed by atoms with Crippen LogP contribution in [0.25, 0.3) is 6.08 Å². The van der Waals surface area contributed by atoms with Crippen LogP contribution >= 0.6 is 0 Å². The molecule has 0 saturated heterocycles. The standard InChI is InChI=1S/C15H16F3N/c1-14(2,3)13(10-19)9-6-11-4-7-12(8-5-11)15(16,17)18/h4-9,13H,1-3H3/b9-6+/t13-/m0/s1. The lowest BCUT2D eigenvalue weighted by molar-refractivity contribution is -0.137. The second kappa shape index (κ2) is 5.48. The molecule has 19 heavy (non-hydrogen) atoms. The van der Waals surface area contributed by atoms with E-state index in [0.717, 1.165) is 12.1 Å². The fourth-order valence-corrected chi connectivity index (χ4v) is 1.52. The van der Waals surface area contributed by atoms with Crippen molar-refractivity contribution in [3.8, 4) is 6.07 Å². The fourth-order valence-electron chi connectivity index (χ4n) is 1.52. The Morgan fingerprint density at radius 3 is 2.00 bits per heavy atom. The SMILES string of the molecule is CC(C)(C)[C@H](C#N)/C=C/c1ccc(C(F)(F)F)cc1. The van der Waals surface area contributed by atoms with Gasteiger partial charge in [0.1, 0.15) is 0 Å². The number of allylic oxidation sites excluding steroid dienone is 1. The van der Waals surface area contributed by atoms with E-state index in [1.165, 1.54) is 12.1 Å². The molecule has 0 saturated carbocycles. The minimum absolute atomic E-state index is 0.197. The fraction of sp³-hybridized carbons (Fsp3) is 0.400. The van der Waals surface area contributed by atoms with Crippen molar-refractivity contribution in [2.45, 2.75) is 26.9 Å². The Balaban J connectivity index is 2.87. The quantitative estimate of drug-likeness (QED) is 0.747. The summed E-state index contributed by atoms with van der Waals surface area (Å²) < 4.78 is 37.2. The van der Waals surface area contributed by atoms with Crippen molar-refractivity contribution in [3.63, 3.8) is 0 Å².